The lowest BCUT2D eigenvalue weighted by Crippen LogP contribution is -2.31. The molecule has 1 atom stereocenters. The second kappa shape index (κ2) is 4.44. The molecule has 0 bridgehead atoms. The number of carbonyl (C=O) groups excluding carboxylic acids is 1. The first-order valence-corrected chi connectivity index (χ1v) is 5.30. The van der Waals surface area contributed by atoms with Crippen LogP contribution in [0.4, 0.5) is 5.82 Å². The van der Waals surface area contributed by atoms with Gasteiger partial charge in [0.1, 0.15) is 5.82 Å². The molecule has 1 heterocycles. The smallest absolute Gasteiger partial charge is 0.269 e. The molecular weight excluding hydrogens is 206 g/mol. The molecule has 6 heteroatoms. The fraction of sp³-hybridized carbons (Fsp3) is 0.500. The van der Waals surface area contributed by atoms with Gasteiger partial charge in [-0.05, 0) is 30.9 Å². The molecule has 0 aliphatic heterocycles. The molecule has 1 saturated carbocycles. The van der Waals surface area contributed by atoms with Crippen molar-refractivity contribution in [2.75, 3.05) is 11.9 Å². The molecule has 1 amide bonds. The van der Waals surface area contributed by atoms with E-state index >= 15 is 0 Å². The summed E-state index contributed by atoms with van der Waals surface area (Å²) in [6, 6.07) is 3.38. The van der Waals surface area contributed by atoms with Crippen molar-refractivity contribution in [1.82, 2.24) is 10.2 Å². The van der Waals surface area contributed by atoms with Gasteiger partial charge in [-0.25, -0.2) is 0 Å². The molecule has 0 radical (unpaired) electrons. The summed E-state index contributed by atoms with van der Waals surface area (Å²) in [5.41, 5.74) is 11.1. The Balaban J connectivity index is 1.86. The topological polar surface area (TPSA) is 107 Å². The second-order valence-corrected chi connectivity index (χ2v) is 4.05. The summed E-state index contributed by atoms with van der Waals surface area (Å²) in [6.45, 7) is 0.676. The van der Waals surface area contributed by atoms with Crippen molar-refractivity contribution in [2.45, 2.75) is 18.9 Å². The normalized spacial score (nSPS) is 16.8. The van der Waals surface area contributed by atoms with E-state index in [-0.39, 0.29) is 11.7 Å². The lowest BCUT2D eigenvalue weighted by Gasteiger charge is -2.11. The summed E-state index contributed by atoms with van der Waals surface area (Å²) < 4.78 is 0. The molecule has 1 aliphatic carbocycles. The summed E-state index contributed by atoms with van der Waals surface area (Å²) in [5, 5.41) is 10.6. The number of nitrogens with zero attached hydrogens (tertiary/aromatic N) is 2. The van der Waals surface area contributed by atoms with Crippen LogP contribution < -0.4 is 16.8 Å². The first-order valence-electron chi connectivity index (χ1n) is 5.30. The Morgan fingerprint density at radius 1 is 1.50 bits per heavy atom. The van der Waals surface area contributed by atoms with Crippen molar-refractivity contribution in [3.8, 4) is 0 Å². The fourth-order valence-corrected chi connectivity index (χ4v) is 1.47. The van der Waals surface area contributed by atoms with Gasteiger partial charge in [0, 0.05) is 12.6 Å². The summed E-state index contributed by atoms with van der Waals surface area (Å²) in [5.74, 6) is 0.681. The van der Waals surface area contributed by atoms with Crippen molar-refractivity contribution in [3.05, 3.63) is 17.8 Å². The summed E-state index contributed by atoms with van der Waals surface area (Å²) in [4.78, 5) is 10.8. The number of primary amides is 1. The number of anilines is 1. The van der Waals surface area contributed by atoms with E-state index in [1.54, 1.807) is 12.1 Å². The molecule has 16 heavy (non-hydrogen) atoms. The van der Waals surface area contributed by atoms with E-state index in [4.69, 9.17) is 11.5 Å². The Hall–Kier alpha value is -1.69. The molecule has 2 rings (SSSR count). The van der Waals surface area contributed by atoms with Crippen LogP contribution in [-0.4, -0.2) is 28.7 Å². The van der Waals surface area contributed by atoms with Gasteiger partial charge in [-0.15, -0.1) is 10.2 Å². The lowest BCUT2D eigenvalue weighted by atomic mass is 10.2. The molecule has 6 nitrogen and oxygen atoms in total. The Morgan fingerprint density at radius 3 is 2.75 bits per heavy atom. The molecule has 0 saturated heterocycles. The van der Waals surface area contributed by atoms with Gasteiger partial charge in [0.2, 0.25) is 0 Å². The minimum absolute atomic E-state index is 0.164. The Morgan fingerprint density at radius 2 is 2.25 bits per heavy atom. The van der Waals surface area contributed by atoms with E-state index in [9.17, 15) is 4.79 Å². The average molecular weight is 221 g/mol. The molecule has 1 aromatic rings. The van der Waals surface area contributed by atoms with Gasteiger partial charge in [0.15, 0.2) is 5.69 Å². The monoisotopic (exact) mass is 221 g/mol. The average Bonchev–Trinajstić information content (AvgIpc) is 3.10. The number of nitrogens with one attached hydrogen (secondary N) is 1. The van der Waals surface area contributed by atoms with Crippen LogP contribution in [0.3, 0.4) is 0 Å². The number of amides is 1. The predicted molar refractivity (Wildman–Crippen MR) is 59.7 cm³/mol. The van der Waals surface area contributed by atoms with Gasteiger partial charge in [-0.3, -0.25) is 4.79 Å². The minimum Gasteiger partial charge on any atom is -0.367 e. The van der Waals surface area contributed by atoms with E-state index in [0.29, 0.717) is 18.3 Å². The highest BCUT2D eigenvalue weighted by Gasteiger charge is 2.28. The van der Waals surface area contributed by atoms with E-state index < -0.39 is 5.91 Å². The third-order valence-corrected chi connectivity index (χ3v) is 2.66. The lowest BCUT2D eigenvalue weighted by molar-refractivity contribution is 0.0994. The number of nitrogens with two attached hydrogens (primary N) is 2. The van der Waals surface area contributed by atoms with Crippen LogP contribution in [0.5, 0.6) is 0 Å². The quantitative estimate of drug-likeness (QED) is 0.634. The van der Waals surface area contributed by atoms with Crippen LogP contribution in [0.15, 0.2) is 12.1 Å². The number of hydrogen-bond acceptors (Lipinski definition) is 5. The summed E-state index contributed by atoms with van der Waals surface area (Å²) in [6.07, 6.45) is 2.43. The molecular formula is C10H15N5O. The maximum absolute atomic E-state index is 10.8. The van der Waals surface area contributed by atoms with Gasteiger partial charge in [0.05, 0.1) is 0 Å². The van der Waals surface area contributed by atoms with E-state index in [0.717, 1.165) is 0 Å². The van der Waals surface area contributed by atoms with Crippen molar-refractivity contribution in [3.63, 3.8) is 0 Å². The maximum atomic E-state index is 10.8. The number of hydrogen-bond donors (Lipinski definition) is 3. The number of aromatic nitrogens is 2. The van der Waals surface area contributed by atoms with Crippen molar-refractivity contribution in [2.24, 2.45) is 17.4 Å². The Bertz CT molecular complexity index is 373. The van der Waals surface area contributed by atoms with E-state index in [1.165, 1.54) is 12.8 Å². The first kappa shape index (κ1) is 10.8. The zero-order valence-electron chi connectivity index (χ0n) is 8.89. The second-order valence-electron chi connectivity index (χ2n) is 4.05. The van der Waals surface area contributed by atoms with Crippen molar-refractivity contribution >= 4 is 11.7 Å². The number of carbonyl (C=O) groups is 1. The van der Waals surface area contributed by atoms with Crippen LogP contribution in [0, 0.1) is 5.92 Å². The summed E-state index contributed by atoms with van der Waals surface area (Å²) >= 11 is 0. The molecule has 1 fully saturated rings. The van der Waals surface area contributed by atoms with Gasteiger partial charge < -0.3 is 16.8 Å². The van der Waals surface area contributed by atoms with Gasteiger partial charge in [-0.2, -0.15) is 0 Å². The molecule has 1 aliphatic rings. The highest BCUT2D eigenvalue weighted by atomic mass is 16.1. The molecule has 86 valence electrons. The predicted octanol–water partition coefficient (Wildman–Crippen LogP) is -0.275. The summed E-state index contributed by atoms with van der Waals surface area (Å²) in [7, 11) is 0. The molecule has 1 unspecified atom stereocenters. The number of rotatable bonds is 5. The standard InChI is InChI=1S/C10H15N5O/c11-7(6-1-2-6)5-13-9-4-3-8(10(12)16)14-15-9/h3-4,6-7H,1-2,5,11H2,(H2,12,16)(H,13,15). The van der Waals surface area contributed by atoms with E-state index in [1.807, 2.05) is 0 Å². The molecule has 0 aromatic carbocycles. The largest absolute Gasteiger partial charge is 0.367 e. The minimum atomic E-state index is -0.575. The van der Waals surface area contributed by atoms with Gasteiger partial charge >= 0.3 is 0 Å². The third-order valence-electron chi connectivity index (χ3n) is 2.66. The van der Waals surface area contributed by atoms with Crippen LogP contribution in [-0.2, 0) is 0 Å². The van der Waals surface area contributed by atoms with Crippen LogP contribution in [0.2, 0.25) is 0 Å². The van der Waals surface area contributed by atoms with Crippen LogP contribution >= 0.6 is 0 Å². The SMILES string of the molecule is NC(=O)c1ccc(NCC(N)C2CC2)nn1. The first-order chi connectivity index (χ1) is 7.66. The van der Waals surface area contributed by atoms with Crippen molar-refractivity contribution < 1.29 is 4.79 Å². The van der Waals surface area contributed by atoms with Crippen molar-refractivity contribution in [1.29, 1.82) is 0 Å². The van der Waals surface area contributed by atoms with Crippen LogP contribution in [0.25, 0.3) is 0 Å². The van der Waals surface area contributed by atoms with E-state index in [2.05, 4.69) is 15.5 Å². The fourth-order valence-electron chi connectivity index (χ4n) is 1.47. The molecule has 1 aromatic heterocycles. The highest BCUT2D eigenvalue weighted by Crippen LogP contribution is 2.31. The third kappa shape index (κ3) is 2.66. The van der Waals surface area contributed by atoms with Gasteiger partial charge in [0.25, 0.3) is 5.91 Å². The maximum Gasteiger partial charge on any atom is 0.269 e. The van der Waals surface area contributed by atoms with Gasteiger partial charge in [-0.1, -0.05) is 0 Å². The Labute approximate surface area is 93.4 Å². The zero-order valence-corrected chi connectivity index (χ0v) is 8.89. The highest BCUT2D eigenvalue weighted by molar-refractivity contribution is 5.90. The molecule has 5 N–H and O–H groups in total. The Kier molecular flexibility index (Phi) is 3.00. The molecule has 0 spiro atoms. The zero-order chi connectivity index (χ0) is 11.5. The van der Waals surface area contributed by atoms with Crippen LogP contribution in [0.1, 0.15) is 23.3 Å².